The minimum Gasteiger partial charge on any atom is -0.316 e. The summed E-state index contributed by atoms with van der Waals surface area (Å²) in [6.07, 6.45) is -5.68. The number of nitrogens with zero attached hydrogens (tertiary/aromatic N) is 1. The van der Waals surface area contributed by atoms with E-state index in [0.717, 1.165) is 13.1 Å². The molecule has 3 unspecified atom stereocenters. The van der Waals surface area contributed by atoms with Gasteiger partial charge in [-0.05, 0) is 38.3 Å². The van der Waals surface area contributed by atoms with Gasteiger partial charge >= 0.3 is 6.18 Å². The van der Waals surface area contributed by atoms with Crippen LogP contribution in [0.1, 0.15) is 19.8 Å². The van der Waals surface area contributed by atoms with Crippen LogP contribution in [0.3, 0.4) is 0 Å². The number of hydrogen-bond donors (Lipinski definition) is 1. The highest BCUT2D eigenvalue weighted by Gasteiger charge is 2.46. The minimum atomic E-state index is -4.29. The molecule has 0 saturated carbocycles. The Morgan fingerprint density at radius 1 is 1.32 bits per heavy atom. The van der Waals surface area contributed by atoms with Crippen LogP contribution < -0.4 is 5.32 Å². The summed E-state index contributed by atoms with van der Waals surface area (Å²) in [5.74, 6) is 0.175. The van der Waals surface area contributed by atoms with Gasteiger partial charge < -0.3 is 5.32 Å². The van der Waals surface area contributed by atoms with Crippen LogP contribution in [0.25, 0.3) is 0 Å². The molecule has 0 bridgehead atoms. The van der Waals surface area contributed by atoms with E-state index in [0.29, 0.717) is 12.5 Å². The van der Waals surface area contributed by atoms with Gasteiger partial charge in [0.1, 0.15) is 0 Å². The number of nitrogens with one attached hydrogen (secondary N) is 1. The fourth-order valence-electron chi connectivity index (χ4n) is 3.07. The Kier molecular flexibility index (Phi) is 4.13. The van der Waals surface area contributed by atoms with E-state index >= 15 is 0 Å². The molecule has 0 spiro atoms. The first-order chi connectivity index (χ1) is 8.71. The predicted octanol–water partition coefficient (Wildman–Crippen LogP) is 1.20. The van der Waals surface area contributed by atoms with Crippen molar-refractivity contribution in [3.8, 4) is 0 Å². The monoisotopic (exact) mass is 300 g/mol. The molecule has 3 atom stereocenters. The smallest absolute Gasteiger partial charge is 0.316 e. The van der Waals surface area contributed by atoms with Crippen molar-refractivity contribution >= 4 is 10.0 Å². The maximum atomic E-state index is 12.1. The number of sulfonamides is 1. The third-order valence-electron chi connectivity index (χ3n) is 4.10. The zero-order chi connectivity index (χ0) is 14.3. The Bertz CT molecular complexity index is 424. The lowest BCUT2D eigenvalue weighted by Gasteiger charge is -2.23. The van der Waals surface area contributed by atoms with Gasteiger partial charge in [-0.3, -0.25) is 0 Å². The van der Waals surface area contributed by atoms with Gasteiger partial charge in [-0.25, -0.2) is 8.42 Å². The summed E-state index contributed by atoms with van der Waals surface area (Å²) in [4.78, 5) is 0. The van der Waals surface area contributed by atoms with Gasteiger partial charge in [-0.2, -0.15) is 17.5 Å². The van der Waals surface area contributed by atoms with Crippen LogP contribution in [-0.2, 0) is 10.0 Å². The third-order valence-corrected chi connectivity index (χ3v) is 6.10. The van der Waals surface area contributed by atoms with E-state index in [1.54, 1.807) is 0 Å². The molecule has 0 aliphatic carbocycles. The van der Waals surface area contributed by atoms with Crippen molar-refractivity contribution in [2.45, 2.75) is 32.0 Å². The summed E-state index contributed by atoms with van der Waals surface area (Å²) in [5.41, 5.74) is 0. The molecule has 2 aliphatic heterocycles. The molecule has 2 aliphatic rings. The molecule has 2 heterocycles. The summed E-state index contributed by atoms with van der Waals surface area (Å²) in [7, 11) is -3.57. The molecule has 2 saturated heterocycles. The molecule has 0 amide bonds. The second-order valence-electron chi connectivity index (χ2n) is 5.43. The molecule has 0 aromatic heterocycles. The van der Waals surface area contributed by atoms with Crippen molar-refractivity contribution in [1.82, 2.24) is 9.62 Å². The zero-order valence-electron chi connectivity index (χ0n) is 10.8. The van der Waals surface area contributed by atoms with Crippen molar-refractivity contribution < 1.29 is 21.6 Å². The van der Waals surface area contributed by atoms with Crippen molar-refractivity contribution in [2.75, 3.05) is 25.4 Å². The van der Waals surface area contributed by atoms with Crippen LogP contribution in [0.15, 0.2) is 0 Å². The standard InChI is InChI=1S/C11H19F3N2O2S/c1-8-10-6-15-5-9(10)7-16(8)19(17,18)4-2-3-11(12,13)14/h8-10,15H,2-7H2,1H3. The fourth-order valence-corrected chi connectivity index (χ4v) is 4.89. The van der Waals surface area contributed by atoms with E-state index in [-0.39, 0.29) is 18.4 Å². The van der Waals surface area contributed by atoms with Crippen molar-refractivity contribution in [3.05, 3.63) is 0 Å². The van der Waals surface area contributed by atoms with E-state index in [2.05, 4.69) is 5.32 Å². The lowest BCUT2D eigenvalue weighted by Crippen LogP contribution is -2.39. The highest BCUT2D eigenvalue weighted by Crippen LogP contribution is 2.34. The first-order valence-electron chi connectivity index (χ1n) is 6.48. The van der Waals surface area contributed by atoms with E-state index in [1.165, 1.54) is 4.31 Å². The third kappa shape index (κ3) is 3.41. The summed E-state index contributed by atoms with van der Waals surface area (Å²) >= 11 is 0. The molecule has 4 nitrogen and oxygen atoms in total. The van der Waals surface area contributed by atoms with Gasteiger partial charge in [0.25, 0.3) is 0 Å². The molecule has 0 aromatic carbocycles. The summed E-state index contributed by atoms with van der Waals surface area (Å²) in [6, 6.07) is -0.115. The van der Waals surface area contributed by atoms with Gasteiger partial charge in [0.05, 0.1) is 5.75 Å². The molecule has 2 fully saturated rings. The number of halogens is 3. The van der Waals surface area contributed by atoms with Crippen LogP contribution in [0.5, 0.6) is 0 Å². The molecule has 112 valence electrons. The maximum absolute atomic E-state index is 12.1. The molecular formula is C11H19F3N2O2S. The fraction of sp³-hybridized carbons (Fsp3) is 1.00. The Labute approximate surface area is 111 Å². The van der Waals surface area contributed by atoms with Gasteiger partial charge in [0.2, 0.25) is 10.0 Å². The summed E-state index contributed by atoms with van der Waals surface area (Å²) in [5, 5.41) is 3.22. The SMILES string of the molecule is CC1C2CNCC2CN1S(=O)(=O)CCCC(F)(F)F. The van der Waals surface area contributed by atoms with Crippen LogP contribution in [-0.4, -0.2) is 50.3 Å². The lowest BCUT2D eigenvalue weighted by molar-refractivity contribution is -0.134. The van der Waals surface area contributed by atoms with Gasteiger partial charge in [0, 0.05) is 19.0 Å². The topological polar surface area (TPSA) is 49.4 Å². The predicted molar refractivity (Wildman–Crippen MR) is 65.1 cm³/mol. The molecule has 0 aromatic rings. The van der Waals surface area contributed by atoms with Crippen LogP contribution in [0.4, 0.5) is 13.2 Å². The Morgan fingerprint density at radius 2 is 2.00 bits per heavy atom. The first kappa shape index (κ1) is 15.1. The number of fused-ring (bicyclic) bond motifs is 1. The maximum Gasteiger partial charge on any atom is 0.389 e. The van der Waals surface area contributed by atoms with Crippen LogP contribution in [0, 0.1) is 11.8 Å². The summed E-state index contributed by atoms with van der Waals surface area (Å²) in [6.45, 7) is 3.87. The first-order valence-corrected chi connectivity index (χ1v) is 8.08. The Balaban J connectivity index is 1.93. The summed E-state index contributed by atoms with van der Waals surface area (Å²) < 4.78 is 61.8. The number of rotatable bonds is 4. The van der Waals surface area contributed by atoms with E-state index in [9.17, 15) is 21.6 Å². The Morgan fingerprint density at radius 3 is 2.58 bits per heavy atom. The van der Waals surface area contributed by atoms with E-state index < -0.39 is 28.4 Å². The molecule has 0 radical (unpaired) electrons. The zero-order valence-corrected chi connectivity index (χ0v) is 11.6. The highest BCUT2D eigenvalue weighted by atomic mass is 32.2. The number of alkyl halides is 3. The van der Waals surface area contributed by atoms with Crippen molar-refractivity contribution in [2.24, 2.45) is 11.8 Å². The van der Waals surface area contributed by atoms with Crippen LogP contribution in [0.2, 0.25) is 0 Å². The number of hydrogen-bond acceptors (Lipinski definition) is 3. The van der Waals surface area contributed by atoms with Gasteiger partial charge in [-0.15, -0.1) is 0 Å². The molecule has 1 N–H and O–H groups in total. The average Bonchev–Trinajstić information content (AvgIpc) is 2.79. The molecule has 2 rings (SSSR count). The minimum absolute atomic E-state index is 0.115. The molecular weight excluding hydrogens is 281 g/mol. The van der Waals surface area contributed by atoms with Gasteiger partial charge in [0.15, 0.2) is 0 Å². The van der Waals surface area contributed by atoms with E-state index in [1.807, 2.05) is 6.92 Å². The normalized spacial score (nSPS) is 32.7. The lowest BCUT2D eigenvalue weighted by atomic mass is 9.95. The molecule has 19 heavy (non-hydrogen) atoms. The average molecular weight is 300 g/mol. The quantitative estimate of drug-likeness (QED) is 0.849. The van der Waals surface area contributed by atoms with Crippen molar-refractivity contribution in [1.29, 1.82) is 0 Å². The second kappa shape index (κ2) is 5.21. The van der Waals surface area contributed by atoms with Gasteiger partial charge in [-0.1, -0.05) is 0 Å². The van der Waals surface area contributed by atoms with Crippen molar-refractivity contribution in [3.63, 3.8) is 0 Å². The highest BCUT2D eigenvalue weighted by molar-refractivity contribution is 7.89. The Hall–Kier alpha value is -0.340. The second-order valence-corrected chi connectivity index (χ2v) is 7.47. The van der Waals surface area contributed by atoms with E-state index in [4.69, 9.17) is 0 Å². The largest absolute Gasteiger partial charge is 0.389 e. The molecule has 8 heteroatoms. The van der Waals surface area contributed by atoms with Crippen LogP contribution >= 0.6 is 0 Å².